The van der Waals surface area contributed by atoms with Crippen LogP contribution < -0.4 is 5.32 Å². The molecule has 0 aromatic carbocycles. The SMILES string of the molecule is CCC(CC(=O)O)NC(=O)N(C)CCc1cccs1. The number of urea groups is 1. The molecule has 2 N–H and O–H groups in total. The summed E-state index contributed by atoms with van der Waals surface area (Å²) in [4.78, 5) is 25.3. The zero-order valence-electron chi connectivity index (χ0n) is 11.3. The minimum Gasteiger partial charge on any atom is -0.481 e. The topological polar surface area (TPSA) is 69.6 Å². The number of hydrogen-bond donors (Lipinski definition) is 2. The molecule has 106 valence electrons. The van der Waals surface area contributed by atoms with Crippen molar-refractivity contribution in [2.45, 2.75) is 32.2 Å². The Balaban J connectivity index is 2.36. The molecular formula is C13H20N2O3S. The molecule has 1 rings (SSSR count). The molecule has 0 aliphatic rings. The first-order chi connectivity index (χ1) is 9.02. The Kier molecular flexibility index (Phi) is 6.35. The summed E-state index contributed by atoms with van der Waals surface area (Å²) in [6, 6.07) is 3.49. The lowest BCUT2D eigenvalue weighted by Crippen LogP contribution is -2.44. The van der Waals surface area contributed by atoms with Crippen LogP contribution in [0, 0.1) is 0 Å². The second-order valence-corrected chi connectivity index (χ2v) is 5.44. The van der Waals surface area contributed by atoms with Gasteiger partial charge in [-0.15, -0.1) is 11.3 Å². The minimum atomic E-state index is -0.895. The zero-order chi connectivity index (χ0) is 14.3. The Bertz CT molecular complexity index is 406. The highest BCUT2D eigenvalue weighted by atomic mass is 32.1. The molecule has 1 aromatic heterocycles. The summed E-state index contributed by atoms with van der Waals surface area (Å²) in [5.41, 5.74) is 0. The fraction of sp³-hybridized carbons (Fsp3) is 0.538. The summed E-state index contributed by atoms with van der Waals surface area (Å²) in [6.07, 6.45) is 1.38. The van der Waals surface area contributed by atoms with Crippen LogP contribution >= 0.6 is 11.3 Å². The van der Waals surface area contributed by atoms with E-state index in [1.165, 1.54) is 4.88 Å². The summed E-state index contributed by atoms with van der Waals surface area (Å²) in [7, 11) is 1.72. The summed E-state index contributed by atoms with van der Waals surface area (Å²) >= 11 is 1.67. The van der Waals surface area contributed by atoms with Crippen molar-refractivity contribution in [2.24, 2.45) is 0 Å². The average Bonchev–Trinajstić information content (AvgIpc) is 2.87. The van der Waals surface area contributed by atoms with Gasteiger partial charge in [-0.3, -0.25) is 4.79 Å². The Labute approximate surface area is 117 Å². The molecule has 6 heteroatoms. The van der Waals surface area contributed by atoms with Gasteiger partial charge in [0.05, 0.1) is 6.42 Å². The lowest BCUT2D eigenvalue weighted by Gasteiger charge is -2.21. The molecule has 0 aliphatic carbocycles. The predicted molar refractivity (Wildman–Crippen MR) is 75.5 cm³/mol. The molecule has 1 unspecified atom stereocenters. The van der Waals surface area contributed by atoms with Crippen LogP contribution in [0.4, 0.5) is 4.79 Å². The van der Waals surface area contributed by atoms with Crippen molar-refractivity contribution in [1.29, 1.82) is 0 Å². The van der Waals surface area contributed by atoms with Gasteiger partial charge in [0.25, 0.3) is 0 Å². The standard InChI is InChI=1S/C13H20N2O3S/c1-3-10(9-12(16)17)14-13(18)15(2)7-6-11-5-4-8-19-11/h4-5,8,10H,3,6-7,9H2,1-2H3,(H,14,18)(H,16,17). The van der Waals surface area contributed by atoms with Crippen LogP contribution in [0.5, 0.6) is 0 Å². The third kappa shape index (κ3) is 5.74. The number of carbonyl (C=O) groups is 2. The zero-order valence-corrected chi connectivity index (χ0v) is 12.1. The summed E-state index contributed by atoms with van der Waals surface area (Å²) in [5.74, 6) is -0.895. The van der Waals surface area contributed by atoms with E-state index in [9.17, 15) is 9.59 Å². The van der Waals surface area contributed by atoms with Crippen molar-refractivity contribution in [3.8, 4) is 0 Å². The van der Waals surface area contributed by atoms with Crippen LogP contribution in [0.3, 0.4) is 0 Å². The van der Waals surface area contributed by atoms with E-state index in [4.69, 9.17) is 5.11 Å². The van der Waals surface area contributed by atoms with Gasteiger partial charge in [-0.2, -0.15) is 0 Å². The molecular weight excluding hydrogens is 264 g/mol. The number of amides is 2. The van der Waals surface area contributed by atoms with Gasteiger partial charge < -0.3 is 15.3 Å². The Hall–Kier alpha value is -1.56. The van der Waals surface area contributed by atoms with E-state index in [0.717, 1.165) is 6.42 Å². The molecule has 1 atom stereocenters. The van der Waals surface area contributed by atoms with Crippen LogP contribution in [0.1, 0.15) is 24.6 Å². The highest BCUT2D eigenvalue weighted by Crippen LogP contribution is 2.09. The Morgan fingerprint density at radius 1 is 1.53 bits per heavy atom. The maximum absolute atomic E-state index is 11.9. The maximum atomic E-state index is 11.9. The van der Waals surface area contributed by atoms with Crippen molar-refractivity contribution in [2.75, 3.05) is 13.6 Å². The number of carboxylic acids is 1. The van der Waals surface area contributed by atoms with Crippen molar-refractivity contribution in [3.05, 3.63) is 22.4 Å². The van der Waals surface area contributed by atoms with Gasteiger partial charge in [-0.25, -0.2) is 4.79 Å². The third-order valence-corrected chi connectivity index (χ3v) is 3.80. The van der Waals surface area contributed by atoms with Crippen LogP contribution in [-0.2, 0) is 11.2 Å². The lowest BCUT2D eigenvalue weighted by molar-refractivity contribution is -0.137. The lowest BCUT2D eigenvalue weighted by atomic mass is 10.1. The fourth-order valence-corrected chi connectivity index (χ4v) is 2.33. The summed E-state index contributed by atoms with van der Waals surface area (Å²) in [6.45, 7) is 2.48. The molecule has 1 aromatic rings. The van der Waals surface area contributed by atoms with Gasteiger partial charge in [0.15, 0.2) is 0 Å². The number of carbonyl (C=O) groups excluding carboxylic acids is 1. The van der Waals surface area contributed by atoms with Gasteiger partial charge in [0, 0.05) is 24.5 Å². The first kappa shape index (κ1) is 15.5. The number of hydrogen-bond acceptors (Lipinski definition) is 3. The van der Waals surface area contributed by atoms with E-state index in [2.05, 4.69) is 5.32 Å². The number of nitrogens with zero attached hydrogens (tertiary/aromatic N) is 1. The number of likely N-dealkylation sites (N-methyl/N-ethyl adjacent to an activating group) is 1. The van der Waals surface area contributed by atoms with Crippen molar-refractivity contribution in [1.82, 2.24) is 10.2 Å². The first-order valence-electron chi connectivity index (χ1n) is 6.28. The molecule has 5 nitrogen and oxygen atoms in total. The van der Waals surface area contributed by atoms with Crippen LogP contribution in [0.15, 0.2) is 17.5 Å². The molecule has 0 spiro atoms. The predicted octanol–water partition coefficient (Wildman–Crippen LogP) is 2.19. The highest BCUT2D eigenvalue weighted by Gasteiger charge is 2.16. The third-order valence-electron chi connectivity index (χ3n) is 2.86. The number of aliphatic carboxylic acids is 1. The van der Waals surface area contributed by atoms with Crippen LogP contribution in [-0.4, -0.2) is 41.6 Å². The summed E-state index contributed by atoms with van der Waals surface area (Å²) in [5, 5.41) is 13.5. The van der Waals surface area contributed by atoms with Crippen LogP contribution in [0.2, 0.25) is 0 Å². The molecule has 0 saturated heterocycles. The molecule has 0 saturated carbocycles. The van der Waals surface area contributed by atoms with Gasteiger partial charge in [0.1, 0.15) is 0 Å². The van der Waals surface area contributed by atoms with E-state index < -0.39 is 5.97 Å². The Morgan fingerprint density at radius 2 is 2.26 bits per heavy atom. The minimum absolute atomic E-state index is 0.0407. The van der Waals surface area contributed by atoms with Crippen molar-refractivity contribution < 1.29 is 14.7 Å². The number of thiophene rings is 1. The summed E-state index contributed by atoms with van der Waals surface area (Å²) < 4.78 is 0. The van der Waals surface area contributed by atoms with Gasteiger partial charge in [-0.05, 0) is 24.3 Å². The van der Waals surface area contributed by atoms with Gasteiger partial charge in [0.2, 0.25) is 0 Å². The monoisotopic (exact) mass is 284 g/mol. The Morgan fingerprint density at radius 3 is 2.79 bits per heavy atom. The van der Waals surface area contributed by atoms with Crippen molar-refractivity contribution in [3.63, 3.8) is 0 Å². The first-order valence-corrected chi connectivity index (χ1v) is 7.16. The van der Waals surface area contributed by atoms with Gasteiger partial charge >= 0.3 is 12.0 Å². The largest absolute Gasteiger partial charge is 0.481 e. The smallest absolute Gasteiger partial charge is 0.317 e. The average molecular weight is 284 g/mol. The normalized spacial score (nSPS) is 11.9. The molecule has 2 amide bonds. The molecule has 0 radical (unpaired) electrons. The molecule has 0 fully saturated rings. The van der Waals surface area contributed by atoms with E-state index in [0.29, 0.717) is 13.0 Å². The van der Waals surface area contributed by atoms with Gasteiger partial charge in [-0.1, -0.05) is 13.0 Å². The number of rotatable bonds is 7. The molecule has 0 bridgehead atoms. The fourth-order valence-electron chi connectivity index (χ4n) is 1.63. The number of carboxylic acid groups (broad SMARTS) is 1. The van der Waals surface area contributed by atoms with E-state index in [1.807, 2.05) is 24.4 Å². The van der Waals surface area contributed by atoms with E-state index in [-0.39, 0.29) is 18.5 Å². The molecule has 0 aliphatic heterocycles. The second-order valence-electron chi connectivity index (χ2n) is 4.40. The molecule has 1 heterocycles. The number of nitrogens with one attached hydrogen (secondary N) is 1. The van der Waals surface area contributed by atoms with E-state index in [1.54, 1.807) is 23.3 Å². The van der Waals surface area contributed by atoms with E-state index >= 15 is 0 Å². The highest BCUT2D eigenvalue weighted by molar-refractivity contribution is 7.09. The maximum Gasteiger partial charge on any atom is 0.317 e. The van der Waals surface area contributed by atoms with Crippen molar-refractivity contribution >= 4 is 23.3 Å². The quantitative estimate of drug-likeness (QED) is 0.806. The second kappa shape index (κ2) is 7.78. The molecule has 19 heavy (non-hydrogen) atoms. The van der Waals surface area contributed by atoms with Crippen LogP contribution in [0.25, 0.3) is 0 Å².